The lowest BCUT2D eigenvalue weighted by Gasteiger charge is -2.32. The minimum atomic E-state index is -3.62. The Labute approximate surface area is 198 Å². The molecular formula is C23H31F3N2O5S. The lowest BCUT2D eigenvalue weighted by atomic mass is 9.95. The van der Waals surface area contributed by atoms with E-state index < -0.39 is 51.1 Å². The number of carbonyl (C=O) groups is 1. The van der Waals surface area contributed by atoms with Crippen LogP contribution in [0.4, 0.5) is 13.2 Å². The lowest BCUT2D eigenvalue weighted by Crippen LogP contribution is -2.52. The van der Waals surface area contributed by atoms with Crippen molar-refractivity contribution in [3.05, 3.63) is 59.4 Å². The molecule has 0 radical (unpaired) electrons. The summed E-state index contributed by atoms with van der Waals surface area (Å²) in [6, 6.07) is 5.63. The van der Waals surface area contributed by atoms with E-state index in [0.717, 1.165) is 18.4 Å². The minimum absolute atomic E-state index is 0. The molecule has 0 saturated carbocycles. The fraction of sp³-hybridized carbons (Fsp3) is 0.435. The zero-order valence-corrected chi connectivity index (χ0v) is 19.2. The van der Waals surface area contributed by atoms with Gasteiger partial charge < -0.3 is 15.5 Å². The average molecular weight is 505 g/mol. The van der Waals surface area contributed by atoms with Gasteiger partial charge in [0.1, 0.15) is 23.1 Å². The smallest absolute Gasteiger partial charge is 0.254 e. The van der Waals surface area contributed by atoms with Crippen LogP contribution in [0.15, 0.2) is 36.4 Å². The van der Waals surface area contributed by atoms with Crippen molar-refractivity contribution in [3.8, 4) is 11.1 Å². The molecule has 0 aromatic heterocycles. The first-order chi connectivity index (χ1) is 14.8. The van der Waals surface area contributed by atoms with Crippen molar-refractivity contribution in [2.75, 3.05) is 12.8 Å². The zero-order chi connectivity index (χ0) is 23.8. The molecule has 0 spiro atoms. The van der Waals surface area contributed by atoms with E-state index in [1.807, 2.05) is 0 Å². The van der Waals surface area contributed by atoms with Gasteiger partial charge in [-0.1, -0.05) is 25.6 Å². The summed E-state index contributed by atoms with van der Waals surface area (Å²) in [6.07, 6.45) is 1.21. The second-order valence-corrected chi connectivity index (χ2v) is 10.3. The molecule has 4 N–H and O–H groups in total. The van der Waals surface area contributed by atoms with E-state index in [2.05, 4.69) is 4.72 Å². The van der Waals surface area contributed by atoms with Crippen LogP contribution in [0.2, 0.25) is 0 Å². The molecule has 3 rings (SSSR count). The van der Waals surface area contributed by atoms with Gasteiger partial charge in [-0.2, -0.15) is 0 Å². The molecule has 1 aliphatic rings. The number of aliphatic hydroxyl groups is 1. The highest BCUT2D eigenvalue weighted by atomic mass is 32.2. The molecule has 1 amide bonds. The maximum atomic E-state index is 15.4. The SMILES string of the molecule is C.CC(C)(O)C(=O)N1CC[C@H](NS(C)(=O)=O)[C@@H]1Cc1cccc(-c2cc(F)cc(F)c2)c1F.O. The van der Waals surface area contributed by atoms with Crippen LogP contribution < -0.4 is 4.72 Å². The first-order valence-corrected chi connectivity index (χ1v) is 11.9. The molecule has 2 aromatic carbocycles. The van der Waals surface area contributed by atoms with Crippen LogP contribution in [-0.4, -0.2) is 60.3 Å². The number of sulfonamides is 1. The van der Waals surface area contributed by atoms with E-state index in [4.69, 9.17) is 0 Å². The number of hydrogen-bond acceptors (Lipinski definition) is 4. The van der Waals surface area contributed by atoms with Gasteiger partial charge in [-0.3, -0.25) is 4.79 Å². The van der Waals surface area contributed by atoms with Crippen LogP contribution >= 0.6 is 0 Å². The molecule has 34 heavy (non-hydrogen) atoms. The second kappa shape index (κ2) is 10.9. The summed E-state index contributed by atoms with van der Waals surface area (Å²) in [5.74, 6) is -3.03. The van der Waals surface area contributed by atoms with Crippen molar-refractivity contribution >= 4 is 15.9 Å². The number of benzene rings is 2. The maximum Gasteiger partial charge on any atom is 0.254 e. The number of carbonyl (C=O) groups excluding carboxylic acids is 1. The third-order valence-corrected chi connectivity index (χ3v) is 6.11. The van der Waals surface area contributed by atoms with E-state index in [-0.39, 0.29) is 49.0 Å². The highest BCUT2D eigenvalue weighted by Gasteiger charge is 2.42. The van der Waals surface area contributed by atoms with E-state index in [1.165, 1.54) is 36.9 Å². The number of nitrogens with zero attached hydrogens (tertiary/aromatic N) is 1. The first-order valence-electron chi connectivity index (χ1n) is 10.0. The van der Waals surface area contributed by atoms with Crippen molar-refractivity contribution in [1.82, 2.24) is 9.62 Å². The van der Waals surface area contributed by atoms with E-state index in [0.29, 0.717) is 6.07 Å². The molecule has 0 unspecified atom stereocenters. The summed E-state index contributed by atoms with van der Waals surface area (Å²) in [5, 5.41) is 10.2. The fourth-order valence-electron chi connectivity index (χ4n) is 4.02. The number of amides is 1. The molecule has 1 heterocycles. The molecule has 11 heteroatoms. The summed E-state index contributed by atoms with van der Waals surface area (Å²) in [4.78, 5) is 14.1. The van der Waals surface area contributed by atoms with Crippen molar-refractivity contribution in [1.29, 1.82) is 0 Å². The van der Waals surface area contributed by atoms with E-state index in [9.17, 15) is 27.1 Å². The van der Waals surface area contributed by atoms with Crippen molar-refractivity contribution in [2.24, 2.45) is 0 Å². The molecule has 1 aliphatic heterocycles. The van der Waals surface area contributed by atoms with Crippen LogP contribution in [0.25, 0.3) is 11.1 Å². The molecule has 2 aromatic rings. The monoisotopic (exact) mass is 504 g/mol. The second-order valence-electron chi connectivity index (χ2n) is 8.55. The van der Waals surface area contributed by atoms with Crippen LogP contribution in [0, 0.1) is 17.5 Å². The Morgan fingerprint density at radius 3 is 2.29 bits per heavy atom. The van der Waals surface area contributed by atoms with Crippen molar-refractivity contribution < 1.29 is 37.0 Å². The Morgan fingerprint density at radius 1 is 1.18 bits per heavy atom. The Kier molecular flexibility index (Phi) is 9.44. The summed E-state index contributed by atoms with van der Waals surface area (Å²) < 4.78 is 68.8. The van der Waals surface area contributed by atoms with Gasteiger partial charge in [-0.15, -0.1) is 0 Å². The Balaban J connectivity index is 0.00000289. The number of likely N-dealkylation sites (tertiary alicyclic amines) is 1. The molecule has 190 valence electrons. The number of halogens is 3. The Hall–Kier alpha value is -2.47. The molecule has 2 atom stereocenters. The van der Waals surface area contributed by atoms with Crippen LogP contribution in [0.5, 0.6) is 0 Å². The Morgan fingerprint density at radius 2 is 1.76 bits per heavy atom. The summed E-state index contributed by atoms with van der Waals surface area (Å²) in [6.45, 7) is 2.82. The predicted molar refractivity (Wildman–Crippen MR) is 124 cm³/mol. The lowest BCUT2D eigenvalue weighted by molar-refractivity contribution is -0.148. The largest absolute Gasteiger partial charge is 0.412 e. The van der Waals surface area contributed by atoms with Gasteiger partial charge in [-0.25, -0.2) is 26.3 Å². The Bertz CT molecular complexity index is 1120. The van der Waals surface area contributed by atoms with Gasteiger partial charge in [-0.05, 0) is 49.9 Å². The van der Waals surface area contributed by atoms with Crippen molar-refractivity contribution in [2.45, 2.75) is 51.8 Å². The predicted octanol–water partition coefficient (Wildman–Crippen LogP) is 2.41. The highest BCUT2D eigenvalue weighted by molar-refractivity contribution is 7.88. The maximum absolute atomic E-state index is 15.4. The molecule has 7 nitrogen and oxygen atoms in total. The summed E-state index contributed by atoms with van der Waals surface area (Å²) in [5.41, 5.74) is -1.55. The molecular weight excluding hydrogens is 473 g/mol. The quantitative estimate of drug-likeness (QED) is 0.628. The van der Waals surface area contributed by atoms with Crippen LogP contribution in [-0.2, 0) is 21.2 Å². The minimum Gasteiger partial charge on any atom is -0.412 e. The summed E-state index contributed by atoms with van der Waals surface area (Å²) >= 11 is 0. The molecule has 1 fully saturated rings. The van der Waals surface area contributed by atoms with Gasteiger partial charge in [0.15, 0.2) is 0 Å². The third-order valence-electron chi connectivity index (χ3n) is 5.38. The van der Waals surface area contributed by atoms with Crippen LogP contribution in [0.1, 0.15) is 33.3 Å². The van der Waals surface area contributed by atoms with Gasteiger partial charge >= 0.3 is 0 Å². The third kappa shape index (κ3) is 6.78. The number of rotatable bonds is 6. The fourth-order valence-corrected chi connectivity index (χ4v) is 4.84. The normalized spacial score (nSPS) is 18.3. The van der Waals surface area contributed by atoms with Gasteiger partial charge in [0.2, 0.25) is 10.0 Å². The molecule has 0 bridgehead atoms. The van der Waals surface area contributed by atoms with Crippen LogP contribution in [0.3, 0.4) is 0 Å². The highest BCUT2D eigenvalue weighted by Crippen LogP contribution is 2.30. The first kappa shape index (κ1) is 29.6. The zero-order valence-electron chi connectivity index (χ0n) is 18.4. The molecule has 1 saturated heterocycles. The van der Waals surface area contributed by atoms with Gasteiger partial charge in [0.05, 0.1) is 12.3 Å². The van der Waals surface area contributed by atoms with Gasteiger partial charge in [0, 0.05) is 24.2 Å². The standard InChI is InChI=1S/C22H25F3N2O4S.CH4.H2O/c1-22(2,29)21(28)27-8-7-18(26-32(3,30)31)19(27)11-13-5-4-6-17(20(13)25)14-9-15(23)12-16(24)10-14;;/h4-6,9-10,12,18-19,26,29H,7-8,11H2,1-3H3;1H4;1H2/t18-,19-;;/m0../s1. The molecule has 0 aliphatic carbocycles. The van der Waals surface area contributed by atoms with Gasteiger partial charge in [0.25, 0.3) is 5.91 Å². The van der Waals surface area contributed by atoms with E-state index in [1.54, 1.807) is 0 Å². The summed E-state index contributed by atoms with van der Waals surface area (Å²) in [7, 11) is -3.62. The number of nitrogens with one attached hydrogen (secondary N) is 1. The van der Waals surface area contributed by atoms with Crippen molar-refractivity contribution in [3.63, 3.8) is 0 Å². The average Bonchev–Trinajstić information content (AvgIpc) is 3.01. The topological polar surface area (TPSA) is 118 Å². The number of hydrogen-bond donors (Lipinski definition) is 2. The van der Waals surface area contributed by atoms with E-state index >= 15 is 4.39 Å².